The minimum Gasteiger partial charge on any atom is -0.497 e. The molecule has 1 unspecified atom stereocenters. The van der Waals surface area contributed by atoms with Crippen LogP contribution in [-0.4, -0.2) is 43.8 Å². The summed E-state index contributed by atoms with van der Waals surface area (Å²) in [6.07, 6.45) is 0. The Morgan fingerprint density at radius 3 is 2.37 bits per heavy atom. The summed E-state index contributed by atoms with van der Waals surface area (Å²) < 4.78 is 17.6. The highest BCUT2D eigenvalue weighted by Crippen LogP contribution is 2.33. The molecule has 0 fully saturated rings. The molecule has 8 nitrogen and oxygen atoms in total. The lowest BCUT2D eigenvalue weighted by atomic mass is 10.2. The minimum absolute atomic E-state index is 0.338. The highest BCUT2D eigenvalue weighted by molar-refractivity contribution is 6.04. The molecule has 1 heterocycles. The van der Waals surface area contributed by atoms with Crippen molar-refractivity contribution in [2.45, 2.75) is 13.0 Å². The molecule has 0 bridgehead atoms. The number of ether oxygens (including phenoxy) is 3. The molecule has 0 saturated heterocycles. The van der Waals surface area contributed by atoms with Crippen molar-refractivity contribution in [3.8, 4) is 17.2 Å². The summed E-state index contributed by atoms with van der Waals surface area (Å²) in [6, 6.07) is 11.6. The van der Waals surface area contributed by atoms with Crippen LogP contribution in [0.1, 0.15) is 17.4 Å². The van der Waals surface area contributed by atoms with Gasteiger partial charge in [-0.05, 0) is 25.1 Å². The number of hydrogen-bond acceptors (Lipinski definition) is 5. The van der Waals surface area contributed by atoms with Gasteiger partial charge >= 0.3 is 0 Å². The number of aromatic nitrogens is 1. The standard InChI is InChI=1S/C22H25N3O5/c1-13(21(26)24-14-7-6-8-15(9-14)28-3)23-22(27)19-12-17-18(25(19)2)10-16(29-4)11-20(17)30-5/h6-13H,1-5H3,(H,23,27)(H,24,26). The first-order valence-electron chi connectivity index (χ1n) is 9.35. The van der Waals surface area contributed by atoms with Gasteiger partial charge in [-0.15, -0.1) is 0 Å². The molecule has 2 N–H and O–H groups in total. The Labute approximate surface area is 174 Å². The van der Waals surface area contributed by atoms with E-state index in [0.29, 0.717) is 28.6 Å². The molecule has 0 saturated carbocycles. The van der Waals surface area contributed by atoms with Crippen molar-refractivity contribution in [1.29, 1.82) is 0 Å². The number of carbonyl (C=O) groups is 2. The van der Waals surface area contributed by atoms with Gasteiger partial charge in [-0.25, -0.2) is 0 Å². The Kier molecular flexibility index (Phi) is 6.15. The fraction of sp³-hybridized carbons (Fsp3) is 0.273. The third-order valence-corrected chi connectivity index (χ3v) is 4.86. The fourth-order valence-electron chi connectivity index (χ4n) is 3.17. The molecule has 158 valence electrons. The average Bonchev–Trinajstić information content (AvgIpc) is 3.09. The van der Waals surface area contributed by atoms with E-state index in [2.05, 4.69) is 10.6 Å². The van der Waals surface area contributed by atoms with Crippen molar-refractivity contribution in [2.24, 2.45) is 7.05 Å². The Hall–Kier alpha value is -3.68. The highest BCUT2D eigenvalue weighted by atomic mass is 16.5. The van der Waals surface area contributed by atoms with E-state index in [1.807, 2.05) is 6.07 Å². The number of anilines is 1. The van der Waals surface area contributed by atoms with E-state index in [1.165, 1.54) is 0 Å². The van der Waals surface area contributed by atoms with Gasteiger partial charge in [-0.3, -0.25) is 9.59 Å². The molecule has 8 heteroatoms. The number of carbonyl (C=O) groups excluding carboxylic acids is 2. The predicted molar refractivity (Wildman–Crippen MR) is 115 cm³/mol. The predicted octanol–water partition coefficient (Wildman–Crippen LogP) is 2.96. The molecular formula is C22H25N3O5. The normalized spacial score (nSPS) is 11.6. The van der Waals surface area contributed by atoms with Crippen LogP contribution in [0, 0.1) is 0 Å². The molecule has 3 aromatic rings. The van der Waals surface area contributed by atoms with Gasteiger partial charge in [0.2, 0.25) is 5.91 Å². The van der Waals surface area contributed by atoms with Crippen LogP contribution in [0.3, 0.4) is 0 Å². The monoisotopic (exact) mass is 411 g/mol. The van der Waals surface area contributed by atoms with Crippen molar-refractivity contribution < 1.29 is 23.8 Å². The molecule has 30 heavy (non-hydrogen) atoms. The molecule has 0 aliphatic heterocycles. The zero-order valence-corrected chi connectivity index (χ0v) is 17.6. The van der Waals surface area contributed by atoms with E-state index < -0.39 is 6.04 Å². The minimum atomic E-state index is -0.752. The molecule has 0 radical (unpaired) electrons. The maximum absolute atomic E-state index is 12.9. The van der Waals surface area contributed by atoms with E-state index >= 15 is 0 Å². The second kappa shape index (κ2) is 8.77. The number of benzene rings is 2. The molecule has 3 rings (SSSR count). The van der Waals surface area contributed by atoms with Crippen LogP contribution in [0.5, 0.6) is 17.2 Å². The second-order valence-electron chi connectivity index (χ2n) is 6.77. The van der Waals surface area contributed by atoms with Crippen LogP contribution in [0.4, 0.5) is 5.69 Å². The van der Waals surface area contributed by atoms with Gasteiger partial charge in [-0.1, -0.05) is 6.07 Å². The van der Waals surface area contributed by atoms with Gasteiger partial charge in [0.25, 0.3) is 5.91 Å². The molecule has 2 aromatic carbocycles. The van der Waals surface area contributed by atoms with Crippen molar-refractivity contribution in [2.75, 3.05) is 26.6 Å². The lowest BCUT2D eigenvalue weighted by molar-refractivity contribution is -0.117. The molecular weight excluding hydrogens is 386 g/mol. The molecule has 0 aliphatic rings. The Bertz CT molecular complexity index is 1090. The van der Waals surface area contributed by atoms with Crippen molar-refractivity contribution in [1.82, 2.24) is 9.88 Å². The number of methoxy groups -OCH3 is 3. The summed E-state index contributed by atoms with van der Waals surface area (Å²) >= 11 is 0. The summed E-state index contributed by atoms with van der Waals surface area (Å²) in [5, 5.41) is 6.29. The number of aryl methyl sites for hydroxylation is 1. The van der Waals surface area contributed by atoms with Gasteiger partial charge in [0.15, 0.2) is 0 Å². The Morgan fingerprint density at radius 2 is 1.70 bits per heavy atom. The van der Waals surface area contributed by atoms with Gasteiger partial charge in [0, 0.05) is 36.3 Å². The number of nitrogens with zero attached hydrogens (tertiary/aromatic N) is 1. The van der Waals surface area contributed by atoms with Crippen LogP contribution in [0.2, 0.25) is 0 Å². The molecule has 1 atom stereocenters. The maximum Gasteiger partial charge on any atom is 0.268 e. The van der Waals surface area contributed by atoms with E-state index in [1.54, 1.807) is 76.3 Å². The third kappa shape index (κ3) is 4.17. The highest BCUT2D eigenvalue weighted by Gasteiger charge is 2.21. The van der Waals surface area contributed by atoms with Crippen molar-refractivity contribution >= 4 is 28.4 Å². The number of amides is 2. The third-order valence-electron chi connectivity index (χ3n) is 4.86. The summed E-state index contributed by atoms with van der Waals surface area (Å²) in [6.45, 7) is 1.62. The number of nitrogens with one attached hydrogen (secondary N) is 2. The van der Waals surface area contributed by atoms with E-state index in [4.69, 9.17) is 14.2 Å². The van der Waals surface area contributed by atoms with Crippen LogP contribution >= 0.6 is 0 Å². The van der Waals surface area contributed by atoms with Gasteiger partial charge in [0.05, 0.1) is 26.8 Å². The fourth-order valence-corrected chi connectivity index (χ4v) is 3.17. The van der Waals surface area contributed by atoms with Gasteiger partial charge in [-0.2, -0.15) is 0 Å². The van der Waals surface area contributed by atoms with Crippen LogP contribution in [0.15, 0.2) is 42.5 Å². The van der Waals surface area contributed by atoms with E-state index in [-0.39, 0.29) is 11.8 Å². The first-order valence-corrected chi connectivity index (χ1v) is 9.35. The topological polar surface area (TPSA) is 90.8 Å². The van der Waals surface area contributed by atoms with Crippen LogP contribution in [-0.2, 0) is 11.8 Å². The van der Waals surface area contributed by atoms with Crippen LogP contribution in [0.25, 0.3) is 10.9 Å². The zero-order valence-electron chi connectivity index (χ0n) is 17.6. The quantitative estimate of drug-likeness (QED) is 0.624. The zero-order chi connectivity index (χ0) is 21.8. The second-order valence-corrected chi connectivity index (χ2v) is 6.77. The molecule has 0 spiro atoms. The lowest BCUT2D eigenvalue weighted by Crippen LogP contribution is -2.42. The summed E-state index contributed by atoms with van der Waals surface area (Å²) in [7, 11) is 6.46. The number of hydrogen-bond donors (Lipinski definition) is 2. The Morgan fingerprint density at radius 1 is 0.967 bits per heavy atom. The molecule has 2 amide bonds. The Balaban J connectivity index is 1.78. The molecule has 1 aromatic heterocycles. The van der Waals surface area contributed by atoms with E-state index in [9.17, 15) is 9.59 Å². The SMILES string of the molecule is COc1cccc(NC(=O)C(C)NC(=O)c2cc3c(OC)cc(OC)cc3n2C)c1. The van der Waals surface area contributed by atoms with Crippen LogP contribution < -0.4 is 24.8 Å². The molecule has 0 aliphatic carbocycles. The first kappa shape index (κ1) is 21.0. The van der Waals surface area contributed by atoms with Gasteiger partial charge in [0.1, 0.15) is 29.0 Å². The largest absolute Gasteiger partial charge is 0.497 e. The van der Waals surface area contributed by atoms with Crippen molar-refractivity contribution in [3.63, 3.8) is 0 Å². The van der Waals surface area contributed by atoms with Gasteiger partial charge < -0.3 is 29.4 Å². The number of fused-ring (bicyclic) bond motifs is 1. The smallest absolute Gasteiger partial charge is 0.268 e. The lowest BCUT2D eigenvalue weighted by Gasteiger charge is -2.15. The van der Waals surface area contributed by atoms with Crippen molar-refractivity contribution in [3.05, 3.63) is 48.2 Å². The summed E-state index contributed by atoms with van der Waals surface area (Å²) in [4.78, 5) is 25.4. The summed E-state index contributed by atoms with van der Waals surface area (Å²) in [5.74, 6) is 1.14. The average molecular weight is 411 g/mol. The first-order chi connectivity index (χ1) is 14.4. The van der Waals surface area contributed by atoms with E-state index in [0.717, 1.165) is 10.9 Å². The summed E-state index contributed by atoms with van der Waals surface area (Å²) in [5.41, 5.74) is 1.77. The number of rotatable bonds is 7. The maximum atomic E-state index is 12.9.